The van der Waals surface area contributed by atoms with Crippen molar-refractivity contribution in [3.63, 3.8) is 0 Å². The van der Waals surface area contributed by atoms with E-state index in [-0.39, 0.29) is 5.91 Å². The number of hydrazine groups is 1. The summed E-state index contributed by atoms with van der Waals surface area (Å²) < 4.78 is 5.96. The van der Waals surface area contributed by atoms with Crippen molar-refractivity contribution in [2.75, 3.05) is 31.2 Å². The highest BCUT2D eigenvalue weighted by molar-refractivity contribution is 5.92. The highest BCUT2D eigenvalue weighted by atomic mass is 16.3. The number of aryl methyl sites for hydroxylation is 1. The average molecular weight is 377 g/mol. The maximum absolute atomic E-state index is 12.7. The monoisotopic (exact) mass is 377 g/mol. The normalized spacial score (nSPS) is 15.8. The third-order valence-electron chi connectivity index (χ3n) is 5.27. The summed E-state index contributed by atoms with van der Waals surface area (Å²) in [5, 5.41) is 5.19. The highest BCUT2D eigenvalue weighted by Gasteiger charge is 2.26. The van der Waals surface area contributed by atoms with Gasteiger partial charge in [-0.1, -0.05) is 37.3 Å². The molecule has 2 aromatic carbocycles. The first-order chi connectivity index (χ1) is 13.6. The maximum atomic E-state index is 12.7. The van der Waals surface area contributed by atoms with Crippen molar-refractivity contribution >= 4 is 22.6 Å². The van der Waals surface area contributed by atoms with Crippen molar-refractivity contribution < 1.29 is 9.21 Å². The molecule has 0 aliphatic carbocycles. The fourth-order valence-electron chi connectivity index (χ4n) is 3.81. The molecule has 0 unspecified atom stereocenters. The summed E-state index contributed by atoms with van der Waals surface area (Å²) in [6, 6.07) is 18.4. The van der Waals surface area contributed by atoms with E-state index in [1.54, 1.807) is 0 Å². The van der Waals surface area contributed by atoms with Crippen LogP contribution in [0.1, 0.15) is 24.7 Å². The number of hydrogen-bond donors (Lipinski definition) is 0. The molecule has 2 heterocycles. The first-order valence-electron chi connectivity index (χ1n) is 9.98. The molecule has 0 bridgehead atoms. The summed E-state index contributed by atoms with van der Waals surface area (Å²) in [7, 11) is 0. The third kappa shape index (κ3) is 3.96. The van der Waals surface area contributed by atoms with E-state index < -0.39 is 0 Å². The van der Waals surface area contributed by atoms with Crippen LogP contribution in [-0.2, 0) is 11.3 Å². The molecule has 0 N–H and O–H groups in total. The summed E-state index contributed by atoms with van der Waals surface area (Å²) >= 11 is 0. The van der Waals surface area contributed by atoms with E-state index in [1.165, 1.54) is 0 Å². The van der Waals surface area contributed by atoms with Gasteiger partial charge in [0.25, 0.3) is 0 Å². The number of para-hydroxylation sites is 1. The quantitative estimate of drug-likeness (QED) is 0.668. The van der Waals surface area contributed by atoms with Gasteiger partial charge in [-0.2, -0.15) is 0 Å². The van der Waals surface area contributed by atoms with Crippen LogP contribution >= 0.6 is 0 Å². The van der Waals surface area contributed by atoms with Gasteiger partial charge in [0.15, 0.2) is 0 Å². The van der Waals surface area contributed by atoms with E-state index in [4.69, 9.17) is 4.42 Å². The molecule has 3 aromatic rings. The number of fused-ring (bicyclic) bond motifs is 1. The molecule has 0 radical (unpaired) electrons. The van der Waals surface area contributed by atoms with Gasteiger partial charge in [0.1, 0.15) is 11.3 Å². The molecule has 28 heavy (non-hydrogen) atoms. The molecule has 0 spiro atoms. The van der Waals surface area contributed by atoms with Gasteiger partial charge in [-0.25, -0.2) is 10.0 Å². The third-order valence-corrected chi connectivity index (χ3v) is 5.27. The van der Waals surface area contributed by atoms with Gasteiger partial charge < -0.3 is 4.42 Å². The van der Waals surface area contributed by atoms with E-state index >= 15 is 0 Å². The minimum Gasteiger partial charge on any atom is -0.460 e. The van der Waals surface area contributed by atoms with Crippen molar-refractivity contribution in [3.8, 4) is 0 Å². The van der Waals surface area contributed by atoms with Gasteiger partial charge >= 0.3 is 0 Å². The molecule has 5 heteroatoms. The van der Waals surface area contributed by atoms with Gasteiger partial charge in [0.05, 0.1) is 12.2 Å². The lowest BCUT2D eigenvalue weighted by molar-refractivity contribution is -0.122. The van der Waals surface area contributed by atoms with E-state index in [0.29, 0.717) is 6.42 Å². The molecular formula is C23H27N3O2. The lowest BCUT2D eigenvalue weighted by atomic mass is 10.2. The van der Waals surface area contributed by atoms with Crippen LogP contribution in [-0.4, -0.2) is 42.0 Å². The molecule has 5 nitrogen and oxygen atoms in total. The van der Waals surface area contributed by atoms with Crippen molar-refractivity contribution in [1.29, 1.82) is 0 Å². The topological polar surface area (TPSA) is 39.9 Å². The van der Waals surface area contributed by atoms with E-state index in [1.807, 2.05) is 42.3 Å². The summed E-state index contributed by atoms with van der Waals surface area (Å²) in [4.78, 5) is 15.0. The van der Waals surface area contributed by atoms with Crippen molar-refractivity contribution in [3.05, 3.63) is 65.9 Å². The van der Waals surface area contributed by atoms with Gasteiger partial charge in [-0.15, -0.1) is 0 Å². The number of amides is 1. The van der Waals surface area contributed by atoms with Crippen LogP contribution in [0.5, 0.6) is 0 Å². The Balaban J connectivity index is 1.43. The second-order valence-corrected chi connectivity index (χ2v) is 7.38. The van der Waals surface area contributed by atoms with Crippen LogP contribution in [0, 0.1) is 6.92 Å². The SMILES string of the molecule is CCC(=O)N(c1cccc(C)c1)N1CCN(Cc2cc3ccccc3o2)CC1. The Morgan fingerprint density at radius 2 is 1.82 bits per heavy atom. The van der Waals surface area contributed by atoms with Crippen LogP contribution in [0.25, 0.3) is 11.0 Å². The molecule has 0 saturated carbocycles. The smallest absolute Gasteiger partial charge is 0.241 e. The number of benzene rings is 2. The zero-order valence-electron chi connectivity index (χ0n) is 16.6. The molecule has 1 aromatic heterocycles. The molecule has 1 aliphatic heterocycles. The summed E-state index contributed by atoms with van der Waals surface area (Å²) in [5.41, 5.74) is 3.06. The number of carbonyl (C=O) groups is 1. The van der Waals surface area contributed by atoms with Gasteiger partial charge in [-0.05, 0) is 36.8 Å². The second-order valence-electron chi connectivity index (χ2n) is 7.38. The second kappa shape index (κ2) is 8.17. The Hall–Kier alpha value is -2.63. The van der Waals surface area contributed by atoms with Crippen LogP contribution in [0.2, 0.25) is 0 Å². The summed E-state index contributed by atoms with van der Waals surface area (Å²) in [6.07, 6.45) is 0.493. The molecule has 1 aliphatic rings. The van der Waals surface area contributed by atoms with Crippen LogP contribution in [0.15, 0.2) is 59.0 Å². The molecule has 1 amide bonds. The maximum Gasteiger partial charge on any atom is 0.241 e. The number of rotatable bonds is 5. The predicted octanol–water partition coefficient (Wildman–Crippen LogP) is 4.22. The molecule has 146 valence electrons. The molecule has 4 rings (SSSR count). The number of piperazine rings is 1. The fourth-order valence-corrected chi connectivity index (χ4v) is 3.81. The Morgan fingerprint density at radius 3 is 2.54 bits per heavy atom. The van der Waals surface area contributed by atoms with Crippen molar-refractivity contribution in [2.24, 2.45) is 0 Å². The van der Waals surface area contributed by atoms with Crippen molar-refractivity contribution in [2.45, 2.75) is 26.8 Å². The van der Waals surface area contributed by atoms with Gasteiger partial charge in [0.2, 0.25) is 5.91 Å². The average Bonchev–Trinajstić information content (AvgIpc) is 3.11. The Kier molecular flexibility index (Phi) is 5.46. The largest absolute Gasteiger partial charge is 0.460 e. The Morgan fingerprint density at radius 1 is 1.04 bits per heavy atom. The van der Waals surface area contributed by atoms with Crippen LogP contribution in [0.4, 0.5) is 5.69 Å². The first-order valence-corrected chi connectivity index (χ1v) is 9.98. The molecule has 1 saturated heterocycles. The van der Waals surface area contributed by atoms with E-state index in [0.717, 1.165) is 60.7 Å². The van der Waals surface area contributed by atoms with Crippen LogP contribution in [0.3, 0.4) is 0 Å². The van der Waals surface area contributed by atoms with Crippen molar-refractivity contribution in [1.82, 2.24) is 9.91 Å². The predicted molar refractivity (Wildman–Crippen MR) is 112 cm³/mol. The minimum absolute atomic E-state index is 0.135. The molecule has 1 fully saturated rings. The number of carbonyl (C=O) groups excluding carboxylic acids is 1. The zero-order chi connectivity index (χ0) is 19.5. The Labute approximate surface area is 166 Å². The fraction of sp³-hybridized carbons (Fsp3) is 0.348. The Bertz CT molecular complexity index is 924. The molecule has 0 atom stereocenters. The number of nitrogens with zero attached hydrogens (tertiary/aromatic N) is 3. The summed E-state index contributed by atoms with van der Waals surface area (Å²) in [6.45, 7) is 8.22. The van der Waals surface area contributed by atoms with E-state index in [9.17, 15) is 4.79 Å². The minimum atomic E-state index is 0.135. The lowest BCUT2D eigenvalue weighted by Gasteiger charge is -2.40. The number of anilines is 1. The number of hydrogen-bond acceptors (Lipinski definition) is 4. The standard InChI is InChI=1S/C23H27N3O2/c1-3-23(27)26(20-9-6-7-18(2)15-20)25-13-11-24(12-14-25)17-21-16-19-8-4-5-10-22(19)28-21/h4-10,15-16H,3,11-14,17H2,1-2H3. The van der Waals surface area contributed by atoms with E-state index in [2.05, 4.69) is 41.1 Å². The first kappa shape index (κ1) is 18.7. The highest BCUT2D eigenvalue weighted by Crippen LogP contribution is 2.23. The zero-order valence-corrected chi connectivity index (χ0v) is 16.6. The van der Waals surface area contributed by atoms with Crippen LogP contribution < -0.4 is 5.01 Å². The molecular weight excluding hydrogens is 350 g/mol. The van der Waals surface area contributed by atoms with Gasteiger partial charge in [0, 0.05) is 38.0 Å². The number of furan rings is 1. The van der Waals surface area contributed by atoms with Gasteiger partial charge in [-0.3, -0.25) is 9.69 Å². The lowest BCUT2D eigenvalue weighted by Crippen LogP contribution is -2.55. The summed E-state index contributed by atoms with van der Waals surface area (Å²) in [5.74, 6) is 1.13.